The normalized spacial score (nSPS) is 31.0. The van der Waals surface area contributed by atoms with E-state index in [1.807, 2.05) is 25.9 Å². The van der Waals surface area contributed by atoms with Crippen molar-refractivity contribution in [1.29, 1.82) is 0 Å². The smallest absolute Gasteiger partial charge is 0.405 e. The van der Waals surface area contributed by atoms with Crippen molar-refractivity contribution in [2.75, 3.05) is 41.5 Å². The molecule has 1 heterocycles. The molecule has 0 unspecified atom stereocenters. The first kappa shape index (κ1) is 36.6. The Morgan fingerprint density at radius 3 is 2.41 bits per heavy atom. The Balaban J connectivity index is 2.60. The summed E-state index contributed by atoms with van der Waals surface area (Å²) in [7, 11) is 6.64. The van der Waals surface area contributed by atoms with Crippen LogP contribution in [0.25, 0.3) is 0 Å². The summed E-state index contributed by atoms with van der Waals surface area (Å²) in [6.45, 7) is 7.68. The minimum absolute atomic E-state index is 0.0460. The quantitative estimate of drug-likeness (QED) is 0.285. The number of aliphatic hydroxyl groups is 1. The van der Waals surface area contributed by atoms with Crippen LogP contribution in [0, 0.1) is 11.8 Å². The lowest BCUT2D eigenvalue weighted by atomic mass is 9.85. The monoisotopic (exact) mass is 617 g/mol. The predicted octanol–water partition coefficient (Wildman–Crippen LogP) is 2.34. The van der Waals surface area contributed by atoms with Gasteiger partial charge in [0.25, 0.3) is 5.91 Å². The first-order valence-electron chi connectivity index (χ1n) is 14.6. The molecular weight excluding hydrogens is 570 g/mol. The number of rotatable bonds is 7. The van der Waals surface area contributed by atoms with Gasteiger partial charge in [-0.1, -0.05) is 38.2 Å². The molecule has 0 aromatic heterocycles. The summed E-state index contributed by atoms with van der Waals surface area (Å²) in [6, 6.07) is 0. The van der Waals surface area contributed by atoms with E-state index in [2.05, 4.69) is 5.32 Å². The molecule has 0 fully saturated rings. The van der Waals surface area contributed by atoms with E-state index in [-0.39, 0.29) is 41.5 Å². The number of methoxy groups -OCH3 is 2. The van der Waals surface area contributed by atoms with Gasteiger partial charge in [0.15, 0.2) is 11.9 Å². The zero-order chi connectivity index (χ0) is 33.1. The second-order valence-electron chi connectivity index (χ2n) is 11.5. The second kappa shape index (κ2) is 17.0. The zero-order valence-electron chi connectivity index (χ0n) is 26.9. The Hall–Kier alpha value is -3.58. The summed E-state index contributed by atoms with van der Waals surface area (Å²) in [5, 5.41) is 13.8. The highest BCUT2D eigenvalue weighted by Crippen LogP contribution is 2.29. The minimum Gasteiger partial charge on any atom is -0.488 e. The van der Waals surface area contributed by atoms with Crippen LogP contribution in [0.3, 0.4) is 0 Å². The van der Waals surface area contributed by atoms with Crippen LogP contribution in [0.2, 0.25) is 0 Å². The number of likely N-dealkylation sites (N-methyl/N-ethyl adjacent to an activating group) is 1. The number of hydrogen-bond donors (Lipinski definition) is 3. The SMILES string of the molecule is CO[C@H]1/C=C\C=C(/C)C(=O)NC2=CC(=O)C(OCCN(C)C)=C(C[C@@H](C)C[C@H](OC)[C@H](O)[C@@H](C)/C=C(\C)[C@@H]1OC(N)=O)C2=O. The van der Waals surface area contributed by atoms with Crippen molar-refractivity contribution in [1.82, 2.24) is 10.2 Å². The summed E-state index contributed by atoms with van der Waals surface area (Å²) >= 11 is 0. The number of primary amides is 1. The van der Waals surface area contributed by atoms with Crippen LogP contribution >= 0.6 is 0 Å². The molecule has 0 spiro atoms. The van der Waals surface area contributed by atoms with Gasteiger partial charge < -0.3 is 40.0 Å². The van der Waals surface area contributed by atoms with Crippen molar-refractivity contribution in [2.24, 2.45) is 17.6 Å². The van der Waals surface area contributed by atoms with Crippen LogP contribution in [-0.4, -0.2) is 99.5 Å². The van der Waals surface area contributed by atoms with Crippen molar-refractivity contribution < 1.29 is 43.2 Å². The van der Waals surface area contributed by atoms with Crippen molar-refractivity contribution in [3.05, 3.63) is 58.6 Å². The number of amides is 2. The lowest BCUT2D eigenvalue weighted by Gasteiger charge is -2.30. The van der Waals surface area contributed by atoms with E-state index in [1.54, 1.807) is 39.0 Å². The Morgan fingerprint density at radius 2 is 1.82 bits per heavy atom. The molecule has 0 aromatic carbocycles. The Kier molecular flexibility index (Phi) is 14.2. The Morgan fingerprint density at radius 1 is 1.14 bits per heavy atom. The molecule has 0 radical (unpaired) electrons. The van der Waals surface area contributed by atoms with Crippen molar-refractivity contribution in [3.8, 4) is 0 Å². The highest BCUT2D eigenvalue weighted by Gasteiger charge is 2.34. The molecule has 1 aliphatic heterocycles. The number of ketones is 2. The molecule has 44 heavy (non-hydrogen) atoms. The number of carbonyl (C=O) groups is 4. The molecule has 0 saturated heterocycles. The summed E-state index contributed by atoms with van der Waals surface area (Å²) in [5.74, 6) is -2.35. The molecule has 2 rings (SSSR count). The fraction of sp³-hybridized carbons (Fsp3) is 0.562. The van der Waals surface area contributed by atoms with E-state index < -0.39 is 53.9 Å². The first-order chi connectivity index (χ1) is 20.7. The van der Waals surface area contributed by atoms with Gasteiger partial charge in [0.2, 0.25) is 11.6 Å². The molecule has 0 aromatic rings. The highest BCUT2D eigenvalue weighted by atomic mass is 16.6. The number of aliphatic hydroxyl groups excluding tert-OH is 1. The maximum Gasteiger partial charge on any atom is 0.405 e. The van der Waals surface area contributed by atoms with Gasteiger partial charge in [-0.15, -0.1) is 0 Å². The molecule has 244 valence electrons. The molecule has 2 aliphatic rings. The van der Waals surface area contributed by atoms with Gasteiger partial charge in [0, 0.05) is 43.9 Å². The summed E-state index contributed by atoms with van der Waals surface area (Å²) < 4.78 is 22.4. The van der Waals surface area contributed by atoms with E-state index in [0.717, 1.165) is 6.08 Å². The molecule has 1 aliphatic carbocycles. The first-order valence-corrected chi connectivity index (χ1v) is 14.6. The van der Waals surface area contributed by atoms with E-state index in [0.29, 0.717) is 18.5 Å². The Bertz CT molecular complexity index is 1230. The lowest BCUT2D eigenvalue weighted by Crippen LogP contribution is -2.37. The van der Waals surface area contributed by atoms with Gasteiger partial charge in [-0.25, -0.2) is 4.79 Å². The topological polar surface area (TPSA) is 167 Å². The molecule has 12 nitrogen and oxygen atoms in total. The lowest BCUT2D eigenvalue weighted by molar-refractivity contribution is -0.121. The fourth-order valence-electron chi connectivity index (χ4n) is 5.05. The molecule has 4 N–H and O–H groups in total. The van der Waals surface area contributed by atoms with E-state index >= 15 is 0 Å². The molecule has 12 heteroatoms. The number of nitrogens with one attached hydrogen (secondary N) is 1. The third kappa shape index (κ3) is 10.3. The number of fused-ring (bicyclic) bond motifs is 2. The molecule has 2 bridgehead atoms. The van der Waals surface area contributed by atoms with Crippen LogP contribution in [0.4, 0.5) is 4.79 Å². The van der Waals surface area contributed by atoms with Crippen LogP contribution in [-0.2, 0) is 33.3 Å². The third-order valence-corrected chi connectivity index (χ3v) is 7.53. The van der Waals surface area contributed by atoms with E-state index in [9.17, 15) is 24.3 Å². The van der Waals surface area contributed by atoms with Crippen molar-refractivity contribution in [3.63, 3.8) is 0 Å². The molecule has 6 atom stereocenters. The predicted molar refractivity (Wildman–Crippen MR) is 164 cm³/mol. The van der Waals surface area contributed by atoms with Gasteiger partial charge in [0.05, 0.1) is 17.9 Å². The number of allylic oxidation sites excluding steroid dienone is 4. The van der Waals surface area contributed by atoms with Gasteiger partial charge >= 0.3 is 6.09 Å². The van der Waals surface area contributed by atoms with Crippen LogP contribution in [0.1, 0.15) is 40.5 Å². The second-order valence-corrected chi connectivity index (χ2v) is 11.5. The van der Waals surface area contributed by atoms with Crippen LogP contribution in [0.5, 0.6) is 0 Å². The minimum atomic E-state index is -1.00. The third-order valence-electron chi connectivity index (χ3n) is 7.53. The average Bonchev–Trinajstić information content (AvgIpc) is 2.95. The van der Waals surface area contributed by atoms with E-state index in [1.165, 1.54) is 20.3 Å². The molecule has 2 amide bonds. The van der Waals surface area contributed by atoms with Gasteiger partial charge in [0.1, 0.15) is 12.7 Å². The summed E-state index contributed by atoms with van der Waals surface area (Å²) in [5.41, 5.74) is 6.17. The average molecular weight is 618 g/mol. The van der Waals surface area contributed by atoms with Gasteiger partial charge in [-0.2, -0.15) is 0 Å². The molecule has 0 saturated carbocycles. The number of nitrogens with zero attached hydrogens (tertiary/aromatic N) is 1. The zero-order valence-corrected chi connectivity index (χ0v) is 26.9. The Labute approximate surface area is 259 Å². The fourth-order valence-corrected chi connectivity index (χ4v) is 5.05. The van der Waals surface area contributed by atoms with Crippen molar-refractivity contribution >= 4 is 23.6 Å². The van der Waals surface area contributed by atoms with E-state index in [4.69, 9.17) is 24.7 Å². The van der Waals surface area contributed by atoms with Gasteiger partial charge in [-0.3, -0.25) is 14.4 Å². The van der Waals surface area contributed by atoms with Crippen LogP contribution < -0.4 is 11.1 Å². The maximum absolute atomic E-state index is 13.7. The summed E-state index contributed by atoms with van der Waals surface area (Å²) in [4.78, 5) is 53.5. The largest absolute Gasteiger partial charge is 0.488 e. The number of Topliss-reactive ketones (excluding diaryl/α,β-unsaturated/α-hetero) is 1. The number of hydrogen-bond acceptors (Lipinski definition) is 10. The maximum atomic E-state index is 13.7. The number of nitrogens with two attached hydrogens (primary N) is 1. The van der Waals surface area contributed by atoms with Crippen LogP contribution in [0.15, 0.2) is 58.6 Å². The molecular formula is C32H47N3O9. The van der Waals surface area contributed by atoms with Crippen molar-refractivity contribution in [2.45, 2.75) is 65.0 Å². The summed E-state index contributed by atoms with van der Waals surface area (Å²) in [6.07, 6.45) is 3.63. The standard InChI is InChI=1S/C32H47N3O9/c1-18-14-22-28(38)23(17-24(36)30(22)43-13-12-35(5)6)34-31(39)19(2)10-9-11-25(41-7)29(44-32(33)40)21(4)16-20(3)27(37)26(15-18)42-8/h9-11,16-18,20,25-27,29,37H,12-15H2,1-8H3,(H2,33,40)(H,34,39)/b11-9-,19-10+,21-16+/t18-,20+,25+,26+,27-,29+/m1/s1. The number of carbonyl (C=O) groups excluding carboxylic acids is 4. The highest BCUT2D eigenvalue weighted by molar-refractivity contribution is 6.23. The number of ether oxygens (including phenoxy) is 4. The van der Waals surface area contributed by atoms with Gasteiger partial charge in [-0.05, 0) is 52.3 Å².